The van der Waals surface area contributed by atoms with Gasteiger partial charge in [0.2, 0.25) is 15.9 Å². The summed E-state index contributed by atoms with van der Waals surface area (Å²) in [4.78, 5) is 15.2. The third-order valence-electron chi connectivity index (χ3n) is 5.82. The van der Waals surface area contributed by atoms with Crippen molar-refractivity contribution < 1.29 is 13.2 Å². The summed E-state index contributed by atoms with van der Waals surface area (Å²) in [6, 6.07) is 14.4. The Morgan fingerprint density at radius 1 is 0.966 bits per heavy atom. The predicted octanol–water partition coefficient (Wildman–Crippen LogP) is 3.25. The minimum absolute atomic E-state index is 0.100. The van der Waals surface area contributed by atoms with Crippen LogP contribution in [0.4, 0.5) is 11.4 Å². The van der Waals surface area contributed by atoms with E-state index in [0.717, 1.165) is 37.9 Å². The van der Waals surface area contributed by atoms with Crippen LogP contribution in [0.1, 0.15) is 31.7 Å². The van der Waals surface area contributed by atoms with Gasteiger partial charge < -0.3 is 10.2 Å². The molecular formula is C22H27N3O3S. The van der Waals surface area contributed by atoms with Crippen molar-refractivity contribution in [3.8, 4) is 0 Å². The molecule has 1 fully saturated rings. The Kier molecular flexibility index (Phi) is 5.61. The molecule has 29 heavy (non-hydrogen) atoms. The van der Waals surface area contributed by atoms with Gasteiger partial charge in [0.25, 0.3) is 0 Å². The maximum atomic E-state index is 12.8. The number of carbonyl (C=O) groups excluding carboxylic acids is 1. The minimum Gasteiger partial charge on any atom is -0.360 e. The molecule has 2 aromatic rings. The van der Waals surface area contributed by atoms with Crippen LogP contribution in [0.2, 0.25) is 0 Å². The average molecular weight is 414 g/mol. The number of fused-ring (bicyclic) bond motifs is 1. The summed E-state index contributed by atoms with van der Waals surface area (Å²) in [5, 5.41) is 2.93. The fourth-order valence-corrected chi connectivity index (χ4v) is 5.66. The molecule has 0 spiro atoms. The van der Waals surface area contributed by atoms with E-state index in [-0.39, 0.29) is 16.8 Å². The van der Waals surface area contributed by atoms with Crippen molar-refractivity contribution >= 4 is 27.3 Å². The van der Waals surface area contributed by atoms with Crippen molar-refractivity contribution in [1.29, 1.82) is 0 Å². The summed E-state index contributed by atoms with van der Waals surface area (Å²) < 4.78 is 26.8. The van der Waals surface area contributed by atoms with Gasteiger partial charge >= 0.3 is 0 Å². The summed E-state index contributed by atoms with van der Waals surface area (Å²) in [7, 11) is -3.44. The molecule has 154 valence electrons. The third-order valence-corrected chi connectivity index (χ3v) is 7.73. The SMILES string of the molecule is C[C@@H](C(=O)Nc1ccc(S(=O)(=O)N2CCCC2)cc1)N1CCCc2ccccc21. The number of amides is 1. The Labute approximate surface area is 172 Å². The number of aryl methyl sites for hydroxylation is 1. The molecule has 0 aliphatic carbocycles. The Balaban J connectivity index is 1.45. The summed E-state index contributed by atoms with van der Waals surface area (Å²) in [6.45, 7) is 3.91. The smallest absolute Gasteiger partial charge is 0.246 e. The topological polar surface area (TPSA) is 69.7 Å². The highest BCUT2D eigenvalue weighted by molar-refractivity contribution is 7.89. The van der Waals surface area contributed by atoms with Crippen molar-refractivity contribution in [3.63, 3.8) is 0 Å². The fraction of sp³-hybridized carbons (Fsp3) is 0.409. The van der Waals surface area contributed by atoms with Crippen molar-refractivity contribution in [3.05, 3.63) is 54.1 Å². The van der Waals surface area contributed by atoms with Crippen LogP contribution in [0.5, 0.6) is 0 Å². The molecule has 1 amide bonds. The zero-order valence-electron chi connectivity index (χ0n) is 16.7. The van der Waals surface area contributed by atoms with Crippen LogP contribution in [0.25, 0.3) is 0 Å². The van der Waals surface area contributed by atoms with Gasteiger partial charge in [-0.3, -0.25) is 4.79 Å². The van der Waals surface area contributed by atoms with E-state index in [1.54, 1.807) is 24.3 Å². The number of carbonyl (C=O) groups is 1. The van der Waals surface area contributed by atoms with Gasteiger partial charge in [-0.15, -0.1) is 0 Å². The molecule has 0 unspecified atom stereocenters. The van der Waals surface area contributed by atoms with E-state index in [0.29, 0.717) is 18.8 Å². The summed E-state index contributed by atoms with van der Waals surface area (Å²) in [5.74, 6) is -0.100. The fourth-order valence-electron chi connectivity index (χ4n) is 4.14. The number of nitrogens with one attached hydrogen (secondary N) is 1. The second-order valence-corrected chi connectivity index (χ2v) is 9.66. The van der Waals surface area contributed by atoms with Gasteiger partial charge in [0.1, 0.15) is 6.04 Å². The van der Waals surface area contributed by atoms with E-state index in [9.17, 15) is 13.2 Å². The molecule has 7 heteroatoms. The van der Waals surface area contributed by atoms with Crippen LogP contribution in [0, 0.1) is 0 Å². The van der Waals surface area contributed by atoms with E-state index < -0.39 is 10.0 Å². The molecule has 1 N–H and O–H groups in total. The lowest BCUT2D eigenvalue weighted by Gasteiger charge is -2.35. The first-order chi connectivity index (χ1) is 14.0. The maximum Gasteiger partial charge on any atom is 0.246 e. The molecule has 1 atom stereocenters. The molecule has 0 aromatic heterocycles. The second kappa shape index (κ2) is 8.16. The number of rotatable bonds is 5. The Morgan fingerprint density at radius 2 is 1.66 bits per heavy atom. The first-order valence-electron chi connectivity index (χ1n) is 10.2. The van der Waals surface area contributed by atoms with E-state index in [1.165, 1.54) is 9.87 Å². The predicted molar refractivity (Wildman–Crippen MR) is 115 cm³/mol. The normalized spacial score (nSPS) is 18.3. The zero-order valence-corrected chi connectivity index (χ0v) is 17.5. The minimum atomic E-state index is -3.44. The van der Waals surface area contributed by atoms with E-state index >= 15 is 0 Å². The number of hydrogen-bond acceptors (Lipinski definition) is 4. The quantitative estimate of drug-likeness (QED) is 0.817. The van der Waals surface area contributed by atoms with Gasteiger partial charge in [0.05, 0.1) is 4.90 Å². The van der Waals surface area contributed by atoms with Gasteiger partial charge in [-0.05, 0) is 68.5 Å². The molecule has 2 aromatic carbocycles. The second-order valence-electron chi connectivity index (χ2n) is 7.73. The molecule has 1 saturated heterocycles. The average Bonchev–Trinajstić information content (AvgIpc) is 3.29. The number of anilines is 2. The van der Waals surface area contributed by atoms with E-state index in [1.807, 2.05) is 19.1 Å². The highest BCUT2D eigenvalue weighted by atomic mass is 32.2. The molecular weight excluding hydrogens is 386 g/mol. The monoisotopic (exact) mass is 413 g/mol. The van der Waals surface area contributed by atoms with Crippen molar-refractivity contribution in [2.45, 2.75) is 43.5 Å². The van der Waals surface area contributed by atoms with Crippen LogP contribution < -0.4 is 10.2 Å². The van der Waals surface area contributed by atoms with Gasteiger partial charge in [-0.2, -0.15) is 4.31 Å². The lowest BCUT2D eigenvalue weighted by Crippen LogP contribution is -2.44. The zero-order chi connectivity index (χ0) is 20.4. The molecule has 0 bridgehead atoms. The molecule has 0 radical (unpaired) electrons. The Morgan fingerprint density at radius 3 is 2.38 bits per heavy atom. The molecule has 0 saturated carbocycles. The van der Waals surface area contributed by atoms with Crippen LogP contribution in [-0.4, -0.2) is 44.3 Å². The van der Waals surface area contributed by atoms with E-state index in [2.05, 4.69) is 22.3 Å². The van der Waals surface area contributed by atoms with Gasteiger partial charge in [-0.1, -0.05) is 18.2 Å². The number of para-hydroxylation sites is 1. The standard InChI is InChI=1S/C22H27N3O3S/c1-17(25-16-6-8-18-7-2-3-9-21(18)25)22(26)23-19-10-12-20(13-11-19)29(27,28)24-14-4-5-15-24/h2-3,7,9-13,17H,4-6,8,14-16H2,1H3,(H,23,26)/t17-/m0/s1. The Bertz CT molecular complexity index is 983. The molecule has 2 heterocycles. The molecule has 2 aliphatic heterocycles. The van der Waals surface area contributed by atoms with Crippen LogP contribution in [0.15, 0.2) is 53.4 Å². The first kappa shape index (κ1) is 19.9. The van der Waals surface area contributed by atoms with Gasteiger partial charge in [0, 0.05) is 31.0 Å². The van der Waals surface area contributed by atoms with Crippen molar-refractivity contribution in [2.24, 2.45) is 0 Å². The lowest BCUT2D eigenvalue weighted by atomic mass is 10.00. The van der Waals surface area contributed by atoms with Crippen molar-refractivity contribution in [2.75, 3.05) is 29.9 Å². The van der Waals surface area contributed by atoms with Gasteiger partial charge in [0.15, 0.2) is 0 Å². The van der Waals surface area contributed by atoms with Crippen LogP contribution in [-0.2, 0) is 21.2 Å². The highest BCUT2D eigenvalue weighted by Crippen LogP contribution is 2.29. The number of sulfonamides is 1. The maximum absolute atomic E-state index is 12.8. The van der Waals surface area contributed by atoms with Crippen molar-refractivity contribution in [1.82, 2.24) is 4.31 Å². The molecule has 6 nitrogen and oxygen atoms in total. The Hall–Kier alpha value is -2.38. The van der Waals surface area contributed by atoms with Gasteiger partial charge in [-0.25, -0.2) is 8.42 Å². The molecule has 4 rings (SSSR count). The van der Waals surface area contributed by atoms with Crippen LogP contribution in [0.3, 0.4) is 0 Å². The number of hydrogen-bond donors (Lipinski definition) is 1. The highest BCUT2D eigenvalue weighted by Gasteiger charge is 2.28. The number of benzene rings is 2. The summed E-state index contributed by atoms with van der Waals surface area (Å²) in [5.41, 5.74) is 3.00. The largest absolute Gasteiger partial charge is 0.360 e. The van der Waals surface area contributed by atoms with Crippen LogP contribution >= 0.6 is 0 Å². The first-order valence-corrected chi connectivity index (χ1v) is 11.7. The summed E-state index contributed by atoms with van der Waals surface area (Å²) >= 11 is 0. The number of nitrogens with zero attached hydrogens (tertiary/aromatic N) is 2. The molecule has 2 aliphatic rings. The summed E-state index contributed by atoms with van der Waals surface area (Å²) in [6.07, 6.45) is 3.88. The third kappa shape index (κ3) is 4.02. The van der Waals surface area contributed by atoms with E-state index in [4.69, 9.17) is 0 Å². The lowest BCUT2D eigenvalue weighted by molar-refractivity contribution is -0.117.